The molecular formula is C20H32O. The molecule has 1 rings (SSSR count). The van der Waals surface area contributed by atoms with Gasteiger partial charge in [0, 0.05) is 0 Å². The van der Waals surface area contributed by atoms with Gasteiger partial charge in [-0.25, -0.2) is 0 Å². The van der Waals surface area contributed by atoms with Crippen molar-refractivity contribution < 1.29 is 4.74 Å². The van der Waals surface area contributed by atoms with Crippen molar-refractivity contribution in [2.75, 3.05) is 6.61 Å². The lowest BCUT2D eigenvalue weighted by molar-refractivity contribution is 0.180. The summed E-state index contributed by atoms with van der Waals surface area (Å²) in [5.41, 5.74) is 2.79. The standard InChI is InChI=1S/C20H32O/c1-4-6-12-19(5-2)17-21-16-18(3)11-10-15-20-13-8-7-9-14-20/h7-9,13-14,16,19H,4-6,10-12,15,17H2,1-3H3/b18-16+. The maximum atomic E-state index is 5.79. The molecule has 1 aromatic rings. The quantitative estimate of drug-likeness (QED) is 0.444. The van der Waals surface area contributed by atoms with Gasteiger partial charge in [-0.15, -0.1) is 0 Å². The molecule has 1 aromatic carbocycles. The van der Waals surface area contributed by atoms with Gasteiger partial charge in [0.2, 0.25) is 0 Å². The monoisotopic (exact) mass is 288 g/mol. The molecule has 0 spiro atoms. The first-order valence-corrected chi connectivity index (χ1v) is 8.57. The van der Waals surface area contributed by atoms with E-state index < -0.39 is 0 Å². The molecule has 0 aliphatic carbocycles. The van der Waals surface area contributed by atoms with Crippen molar-refractivity contribution in [2.24, 2.45) is 5.92 Å². The lowest BCUT2D eigenvalue weighted by Crippen LogP contribution is -2.06. The average molecular weight is 288 g/mol. The first-order chi connectivity index (χ1) is 10.3. The highest BCUT2D eigenvalue weighted by Gasteiger charge is 2.05. The molecule has 0 saturated carbocycles. The van der Waals surface area contributed by atoms with Gasteiger partial charge in [0.15, 0.2) is 0 Å². The smallest absolute Gasteiger partial charge is 0.0901 e. The number of benzene rings is 1. The van der Waals surface area contributed by atoms with E-state index in [-0.39, 0.29) is 0 Å². The van der Waals surface area contributed by atoms with Crippen LogP contribution in [0.5, 0.6) is 0 Å². The zero-order valence-corrected chi connectivity index (χ0v) is 14.1. The maximum Gasteiger partial charge on any atom is 0.0901 e. The third kappa shape index (κ3) is 8.60. The van der Waals surface area contributed by atoms with Crippen molar-refractivity contribution in [1.82, 2.24) is 0 Å². The number of allylic oxidation sites excluding steroid dienone is 1. The highest BCUT2D eigenvalue weighted by molar-refractivity contribution is 5.14. The molecule has 21 heavy (non-hydrogen) atoms. The fourth-order valence-electron chi connectivity index (χ4n) is 2.50. The molecule has 0 saturated heterocycles. The van der Waals surface area contributed by atoms with E-state index >= 15 is 0 Å². The van der Waals surface area contributed by atoms with Gasteiger partial charge in [0.05, 0.1) is 12.9 Å². The van der Waals surface area contributed by atoms with Crippen LogP contribution in [0.25, 0.3) is 0 Å². The minimum absolute atomic E-state index is 0.721. The van der Waals surface area contributed by atoms with Crippen molar-refractivity contribution in [1.29, 1.82) is 0 Å². The highest BCUT2D eigenvalue weighted by atomic mass is 16.5. The predicted octanol–water partition coefficient (Wildman–Crippen LogP) is 6.15. The Bertz CT molecular complexity index is 380. The number of hydrogen-bond acceptors (Lipinski definition) is 1. The van der Waals surface area contributed by atoms with Crippen LogP contribution >= 0.6 is 0 Å². The first kappa shape index (κ1) is 17.8. The van der Waals surface area contributed by atoms with E-state index in [4.69, 9.17) is 4.74 Å². The van der Waals surface area contributed by atoms with Crippen molar-refractivity contribution in [3.63, 3.8) is 0 Å². The van der Waals surface area contributed by atoms with Gasteiger partial charge in [0.1, 0.15) is 0 Å². The second-order valence-corrected chi connectivity index (χ2v) is 6.05. The van der Waals surface area contributed by atoms with Gasteiger partial charge >= 0.3 is 0 Å². The molecule has 1 nitrogen and oxygen atoms in total. The molecule has 0 aromatic heterocycles. The van der Waals surface area contributed by atoms with Crippen molar-refractivity contribution in [3.8, 4) is 0 Å². The molecule has 1 heteroatoms. The van der Waals surface area contributed by atoms with Crippen LogP contribution in [0.2, 0.25) is 0 Å². The van der Waals surface area contributed by atoms with Crippen molar-refractivity contribution in [3.05, 3.63) is 47.7 Å². The highest BCUT2D eigenvalue weighted by Crippen LogP contribution is 2.14. The summed E-state index contributed by atoms with van der Waals surface area (Å²) in [6.45, 7) is 7.58. The Kier molecular flexibility index (Phi) is 9.69. The molecule has 118 valence electrons. The maximum absolute atomic E-state index is 5.79. The Morgan fingerprint density at radius 3 is 2.57 bits per heavy atom. The van der Waals surface area contributed by atoms with Gasteiger partial charge in [-0.05, 0) is 49.7 Å². The van der Waals surface area contributed by atoms with Gasteiger partial charge in [-0.1, -0.05) is 63.4 Å². The predicted molar refractivity (Wildman–Crippen MR) is 92.4 cm³/mol. The molecule has 0 radical (unpaired) electrons. The summed E-state index contributed by atoms with van der Waals surface area (Å²) in [7, 11) is 0. The van der Waals surface area contributed by atoms with Crippen LogP contribution in [-0.2, 0) is 11.2 Å². The fourth-order valence-corrected chi connectivity index (χ4v) is 2.50. The van der Waals surface area contributed by atoms with Crippen LogP contribution < -0.4 is 0 Å². The molecule has 1 unspecified atom stereocenters. The number of unbranched alkanes of at least 4 members (excludes halogenated alkanes) is 1. The normalized spacial score (nSPS) is 13.2. The summed E-state index contributed by atoms with van der Waals surface area (Å²) in [6.07, 6.45) is 10.6. The van der Waals surface area contributed by atoms with E-state index in [0.717, 1.165) is 25.4 Å². The van der Waals surface area contributed by atoms with Crippen LogP contribution in [0.15, 0.2) is 42.2 Å². The van der Waals surface area contributed by atoms with Gasteiger partial charge in [0.25, 0.3) is 0 Å². The summed E-state index contributed by atoms with van der Waals surface area (Å²) < 4.78 is 5.79. The number of hydrogen-bond donors (Lipinski definition) is 0. The Morgan fingerprint density at radius 2 is 1.90 bits per heavy atom. The molecule has 0 bridgehead atoms. The molecule has 0 amide bonds. The van der Waals surface area contributed by atoms with Crippen molar-refractivity contribution in [2.45, 2.75) is 65.7 Å². The van der Waals surface area contributed by atoms with E-state index in [9.17, 15) is 0 Å². The van der Waals surface area contributed by atoms with Gasteiger partial charge in [-0.3, -0.25) is 0 Å². The van der Waals surface area contributed by atoms with Crippen LogP contribution in [0.4, 0.5) is 0 Å². The Hall–Kier alpha value is -1.24. The van der Waals surface area contributed by atoms with Crippen LogP contribution in [-0.4, -0.2) is 6.61 Å². The van der Waals surface area contributed by atoms with Crippen molar-refractivity contribution >= 4 is 0 Å². The van der Waals surface area contributed by atoms with E-state index in [0.29, 0.717) is 0 Å². The van der Waals surface area contributed by atoms with Crippen LogP contribution in [0.3, 0.4) is 0 Å². The topological polar surface area (TPSA) is 9.23 Å². The summed E-state index contributed by atoms with van der Waals surface area (Å²) in [5, 5.41) is 0. The van der Waals surface area contributed by atoms with Crippen LogP contribution in [0.1, 0.15) is 64.9 Å². The van der Waals surface area contributed by atoms with Crippen LogP contribution in [0, 0.1) is 5.92 Å². The minimum atomic E-state index is 0.721. The summed E-state index contributed by atoms with van der Waals surface area (Å²) in [5.74, 6) is 0.721. The van der Waals surface area contributed by atoms with Gasteiger partial charge in [-0.2, -0.15) is 0 Å². The van der Waals surface area contributed by atoms with E-state index in [1.807, 2.05) is 6.26 Å². The lowest BCUT2D eigenvalue weighted by atomic mass is 10.0. The molecule has 0 aliphatic rings. The fraction of sp³-hybridized carbons (Fsp3) is 0.600. The third-order valence-corrected chi connectivity index (χ3v) is 4.04. The van der Waals surface area contributed by atoms with E-state index in [1.54, 1.807) is 0 Å². The molecule has 1 atom stereocenters. The molecule has 0 N–H and O–H groups in total. The van der Waals surface area contributed by atoms with E-state index in [2.05, 4.69) is 51.1 Å². The third-order valence-electron chi connectivity index (χ3n) is 4.04. The first-order valence-electron chi connectivity index (χ1n) is 8.57. The summed E-state index contributed by atoms with van der Waals surface area (Å²) in [6, 6.07) is 10.7. The molecule has 0 fully saturated rings. The summed E-state index contributed by atoms with van der Waals surface area (Å²) >= 11 is 0. The lowest BCUT2D eigenvalue weighted by Gasteiger charge is -2.14. The second kappa shape index (κ2) is 11.4. The molecule has 0 heterocycles. The Balaban J connectivity index is 2.17. The number of aryl methyl sites for hydroxylation is 1. The van der Waals surface area contributed by atoms with Gasteiger partial charge < -0.3 is 4.74 Å². The van der Waals surface area contributed by atoms with E-state index in [1.165, 1.54) is 43.2 Å². The minimum Gasteiger partial charge on any atom is -0.501 e. The zero-order chi connectivity index (χ0) is 15.3. The Labute approximate surface area is 131 Å². The Morgan fingerprint density at radius 1 is 1.14 bits per heavy atom. The number of rotatable bonds is 11. The molecular weight excluding hydrogens is 256 g/mol. The second-order valence-electron chi connectivity index (χ2n) is 6.05. The summed E-state index contributed by atoms with van der Waals surface area (Å²) in [4.78, 5) is 0. The zero-order valence-electron chi connectivity index (χ0n) is 14.1. The SMILES string of the molecule is CCCCC(CC)CO/C=C(\C)CCCc1ccccc1. The molecule has 0 aliphatic heterocycles. The number of ether oxygens (including phenoxy) is 1. The largest absolute Gasteiger partial charge is 0.501 e. The average Bonchev–Trinajstić information content (AvgIpc) is 2.51.